The first-order valence-corrected chi connectivity index (χ1v) is 13.1. The van der Waals surface area contributed by atoms with Gasteiger partial charge in [-0.3, -0.25) is 14.2 Å². The molecule has 1 fully saturated rings. The number of hydrogen-bond donors (Lipinski definition) is 0. The predicted octanol–water partition coefficient (Wildman–Crippen LogP) is 5.67. The van der Waals surface area contributed by atoms with Crippen LogP contribution in [-0.4, -0.2) is 51.9 Å². The lowest BCUT2D eigenvalue weighted by atomic mass is 9.99. The molecule has 1 aliphatic rings. The summed E-state index contributed by atoms with van der Waals surface area (Å²) < 4.78 is 1.41. The molecule has 1 unspecified atom stereocenters. The number of nitrogens with zero attached hydrogens (tertiary/aromatic N) is 4. The Bertz CT molecular complexity index is 1470. The Kier molecular flexibility index (Phi) is 7.60. The molecule has 37 heavy (non-hydrogen) atoms. The number of likely N-dealkylation sites (tertiary alicyclic amines) is 1. The van der Waals surface area contributed by atoms with Gasteiger partial charge in [0.2, 0.25) is 5.91 Å². The Morgan fingerprint density at radius 1 is 0.973 bits per heavy atom. The van der Waals surface area contributed by atoms with E-state index in [1.54, 1.807) is 17.0 Å². The lowest BCUT2D eigenvalue weighted by Gasteiger charge is -2.32. The average molecular weight is 535 g/mol. The first-order chi connectivity index (χ1) is 17.9. The third-order valence-corrected chi connectivity index (χ3v) is 7.80. The van der Waals surface area contributed by atoms with Crippen LogP contribution in [0.25, 0.3) is 22.2 Å². The minimum absolute atomic E-state index is 0.120. The quantitative estimate of drug-likeness (QED) is 0.306. The fourth-order valence-corrected chi connectivity index (χ4v) is 5.25. The van der Waals surface area contributed by atoms with Gasteiger partial charge in [0, 0.05) is 13.6 Å². The van der Waals surface area contributed by atoms with Gasteiger partial charge in [-0.2, -0.15) is 0 Å². The second kappa shape index (κ2) is 11.1. The van der Waals surface area contributed by atoms with E-state index in [9.17, 15) is 9.59 Å². The molecule has 6 nitrogen and oxygen atoms in total. The maximum absolute atomic E-state index is 13.6. The summed E-state index contributed by atoms with van der Waals surface area (Å²) in [6, 6.07) is 21.7. The number of amides is 1. The Labute approximate surface area is 226 Å². The Balaban J connectivity index is 1.44. The van der Waals surface area contributed by atoms with E-state index in [0.29, 0.717) is 21.1 Å². The van der Waals surface area contributed by atoms with Gasteiger partial charge in [0.25, 0.3) is 5.56 Å². The van der Waals surface area contributed by atoms with Crippen molar-refractivity contribution in [3.8, 4) is 11.1 Å². The van der Waals surface area contributed by atoms with Gasteiger partial charge in [0.1, 0.15) is 6.54 Å². The second-order valence-electron chi connectivity index (χ2n) is 9.45. The van der Waals surface area contributed by atoms with Gasteiger partial charge in [-0.05, 0) is 54.8 Å². The maximum atomic E-state index is 13.6. The van der Waals surface area contributed by atoms with Gasteiger partial charge in [-0.15, -0.1) is 0 Å². The van der Waals surface area contributed by atoms with Crippen LogP contribution in [-0.2, 0) is 11.3 Å². The van der Waals surface area contributed by atoms with E-state index in [1.165, 1.54) is 23.6 Å². The van der Waals surface area contributed by atoms with E-state index < -0.39 is 0 Å². The van der Waals surface area contributed by atoms with E-state index in [0.717, 1.165) is 36.3 Å². The Morgan fingerprint density at radius 2 is 1.62 bits per heavy atom. The van der Waals surface area contributed by atoms with Crippen LogP contribution in [0.5, 0.6) is 0 Å². The molecule has 0 saturated carbocycles. The molecule has 1 aliphatic heterocycles. The fraction of sp³-hybridized carbons (Fsp3) is 0.276. The monoisotopic (exact) mass is 534 g/mol. The smallest absolute Gasteiger partial charge is 0.269 e. The van der Waals surface area contributed by atoms with E-state index in [4.69, 9.17) is 23.2 Å². The van der Waals surface area contributed by atoms with Crippen LogP contribution in [0.4, 0.5) is 0 Å². The van der Waals surface area contributed by atoms with Gasteiger partial charge in [-0.1, -0.05) is 77.8 Å². The summed E-state index contributed by atoms with van der Waals surface area (Å²) in [5.74, 6) is -0.169. The number of benzene rings is 3. The van der Waals surface area contributed by atoms with Gasteiger partial charge in [0.15, 0.2) is 0 Å². The molecule has 3 aromatic carbocycles. The average Bonchev–Trinajstić information content (AvgIpc) is 3.44. The van der Waals surface area contributed by atoms with Crippen molar-refractivity contribution in [3.05, 3.63) is 98.9 Å². The molecule has 5 rings (SSSR count). The molecule has 4 aromatic rings. The molecular weight excluding hydrogens is 507 g/mol. The molecule has 1 amide bonds. The first kappa shape index (κ1) is 25.5. The van der Waals surface area contributed by atoms with Crippen molar-refractivity contribution in [2.24, 2.45) is 0 Å². The fourth-order valence-electron chi connectivity index (χ4n) is 4.93. The van der Waals surface area contributed by atoms with Crippen LogP contribution in [0.15, 0.2) is 77.7 Å². The summed E-state index contributed by atoms with van der Waals surface area (Å²) in [6.07, 6.45) is 3.54. The van der Waals surface area contributed by atoms with Crippen LogP contribution in [0.2, 0.25) is 10.0 Å². The standard InChI is InChI=1S/C29H28Cl2N4O2/c1-33(29(37)19-35-26-16-24(31)23(30)15-25(26)32-17-28(35)36)27(18-34-13-5-6-14-34)22-11-9-21(10-12-22)20-7-3-2-4-8-20/h2-4,7-12,15-17,27H,5-6,13-14,18-19H2,1H3. The highest BCUT2D eigenvalue weighted by Crippen LogP contribution is 2.28. The topological polar surface area (TPSA) is 58.4 Å². The molecule has 190 valence electrons. The SMILES string of the molecule is CN(C(=O)Cn1c(=O)cnc2cc(Cl)c(Cl)cc21)C(CN1CCCC1)c1ccc(-c2ccccc2)cc1. The summed E-state index contributed by atoms with van der Waals surface area (Å²) in [5, 5.41) is 0.654. The molecule has 1 atom stereocenters. The first-order valence-electron chi connectivity index (χ1n) is 12.4. The molecule has 0 bridgehead atoms. The molecule has 0 radical (unpaired) electrons. The van der Waals surface area contributed by atoms with Crippen LogP contribution in [0, 0.1) is 0 Å². The highest BCUT2D eigenvalue weighted by atomic mass is 35.5. The van der Waals surface area contributed by atoms with Crippen molar-refractivity contribution in [3.63, 3.8) is 0 Å². The largest absolute Gasteiger partial charge is 0.336 e. The predicted molar refractivity (Wildman–Crippen MR) is 149 cm³/mol. The summed E-state index contributed by atoms with van der Waals surface area (Å²) in [5.41, 5.74) is 3.96. The van der Waals surface area contributed by atoms with E-state index >= 15 is 0 Å². The molecule has 1 saturated heterocycles. The molecule has 0 aliphatic carbocycles. The van der Waals surface area contributed by atoms with Crippen molar-refractivity contribution < 1.29 is 4.79 Å². The molecule has 0 N–H and O–H groups in total. The second-order valence-corrected chi connectivity index (χ2v) is 10.3. The number of carbonyl (C=O) groups excluding carboxylic acids is 1. The highest BCUT2D eigenvalue weighted by Gasteiger charge is 2.26. The summed E-state index contributed by atoms with van der Waals surface area (Å²) in [7, 11) is 1.81. The minimum Gasteiger partial charge on any atom is -0.336 e. The summed E-state index contributed by atoms with van der Waals surface area (Å²) in [4.78, 5) is 34.7. The zero-order valence-electron chi connectivity index (χ0n) is 20.6. The number of aromatic nitrogens is 2. The number of fused-ring (bicyclic) bond motifs is 1. The third kappa shape index (κ3) is 5.57. The molecular formula is C29H28Cl2N4O2. The van der Waals surface area contributed by atoms with E-state index in [2.05, 4.69) is 46.3 Å². The Morgan fingerprint density at radius 3 is 2.32 bits per heavy atom. The van der Waals surface area contributed by atoms with Crippen LogP contribution >= 0.6 is 23.2 Å². The number of rotatable bonds is 7. The van der Waals surface area contributed by atoms with Crippen molar-refractivity contribution in [1.29, 1.82) is 0 Å². The zero-order chi connectivity index (χ0) is 25.9. The van der Waals surface area contributed by atoms with Crippen LogP contribution in [0.3, 0.4) is 0 Å². The zero-order valence-corrected chi connectivity index (χ0v) is 22.1. The molecule has 0 spiro atoms. The summed E-state index contributed by atoms with van der Waals surface area (Å²) >= 11 is 12.4. The van der Waals surface area contributed by atoms with Crippen molar-refractivity contribution in [1.82, 2.24) is 19.4 Å². The maximum Gasteiger partial charge on any atom is 0.269 e. The van der Waals surface area contributed by atoms with Crippen molar-refractivity contribution >= 4 is 40.1 Å². The summed E-state index contributed by atoms with van der Waals surface area (Å²) in [6.45, 7) is 2.66. The van der Waals surface area contributed by atoms with Crippen molar-refractivity contribution in [2.45, 2.75) is 25.4 Å². The Hall–Kier alpha value is -3.19. The highest BCUT2D eigenvalue weighted by molar-refractivity contribution is 6.42. The lowest BCUT2D eigenvalue weighted by Crippen LogP contribution is -2.41. The third-order valence-electron chi connectivity index (χ3n) is 7.08. The van der Waals surface area contributed by atoms with E-state index in [-0.39, 0.29) is 24.1 Å². The minimum atomic E-state index is -0.365. The van der Waals surface area contributed by atoms with Gasteiger partial charge < -0.3 is 9.80 Å². The van der Waals surface area contributed by atoms with Crippen molar-refractivity contribution in [2.75, 3.05) is 26.7 Å². The number of hydrogen-bond acceptors (Lipinski definition) is 4. The van der Waals surface area contributed by atoms with E-state index in [1.807, 2.05) is 25.2 Å². The lowest BCUT2D eigenvalue weighted by molar-refractivity contribution is -0.133. The number of carbonyl (C=O) groups is 1. The molecule has 8 heteroatoms. The normalized spacial score (nSPS) is 14.7. The molecule has 2 heterocycles. The number of likely N-dealkylation sites (N-methyl/N-ethyl adjacent to an activating group) is 1. The van der Waals surface area contributed by atoms with Crippen LogP contribution < -0.4 is 5.56 Å². The van der Waals surface area contributed by atoms with Gasteiger partial charge >= 0.3 is 0 Å². The van der Waals surface area contributed by atoms with Gasteiger partial charge in [-0.25, -0.2) is 4.98 Å². The number of halogens is 2. The molecule has 1 aromatic heterocycles. The van der Waals surface area contributed by atoms with Crippen LogP contribution in [0.1, 0.15) is 24.4 Å². The van der Waals surface area contributed by atoms with Gasteiger partial charge in [0.05, 0.1) is 33.3 Å².